The highest BCUT2D eigenvalue weighted by molar-refractivity contribution is 8.00. The lowest BCUT2D eigenvalue weighted by molar-refractivity contribution is -0.127. The van der Waals surface area contributed by atoms with Gasteiger partial charge in [0.15, 0.2) is 0 Å². The Morgan fingerprint density at radius 1 is 1.33 bits per heavy atom. The van der Waals surface area contributed by atoms with Gasteiger partial charge in [0, 0.05) is 24.0 Å². The Bertz CT molecular complexity index is 470. The normalized spacial score (nSPS) is 18.5. The smallest absolute Gasteiger partial charge is 0.232 e. The number of likely N-dealkylation sites (tertiary alicyclic amines) is 1. The molecular formula is C16H25ClN2OS. The summed E-state index contributed by atoms with van der Waals surface area (Å²) >= 11 is 1.60. The van der Waals surface area contributed by atoms with E-state index in [1.54, 1.807) is 11.8 Å². The molecule has 0 bridgehead atoms. The molecule has 1 aromatic carbocycles. The molecule has 1 atom stereocenters. The van der Waals surface area contributed by atoms with E-state index in [0.717, 1.165) is 17.9 Å². The third kappa shape index (κ3) is 5.20. The molecule has 1 saturated heterocycles. The van der Waals surface area contributed by atoms with Gasteiger partial charge in [-0.1, -0.05) is 32.9 Å². The summed E-state index contributed by atoms with van der Waals surface area (Å²) in [5.74, 6) is 0.699. The van der Waals surface area contributed by atoms with Crippen LogP contribution >= 0.6 is 24.2 Å². The number of carbonyl (C=O) groups excluding carboxylic acids is 1. The molecule has 0 aliphatic carbocycles. The van der Waals surface area contributed by atoms with Crippen molar-refractivity contribution in [1.82, 2.24) is 4.90 Å². The van der Waals surface area contributed by atoms with Crippen molar-refractivity contribution in [3.63, 3.8) is 0 Å². The fourth-order valence-corrected chi connectivity index (χ4v) is 3.10. The summed E-state index contributed by atoms with van der Waals surface area (Å²) in [4.78, 5) is 15.1. The molecule has 118 valence electrons. The zero-order valence-electron chi connectivity index (χ0n) is 13.0. The standard InChI is InChI=1S/C16H24N2OS.ClH/c1-16(2,3)12-4-6-14(7-5-12)20-11-15(19)18-9-8-13(17)10-18;/h4-7,13H,8-11,17H2,1-3H3;1H/t13-;/m1./s1. The van der Waals surface area contributed by atoms with Crippen LogP contribution in [0.1, 0.15) is 32.8 Å². The Kier molecular flexibility index (Phi) is 6.57. The van der Waals surface area contributed by atoms with E-state index < -0.39 is 0 Å². The van der Waals surface area contributed by atoms with Crippen molar-refractivity contribution in [2.24, 2.45) is 5.73 Å². The van der Waals surface area contributed by atoms with Crippen molar-refractivity contribution in [2.75, 3.05) is 18.8 Å². The molecule has 1 aliphatic rings. The lowest BCUT2D eigenvalue weighted by Crippen LogP contribution is -2.33. The Morgan fingerprint density at radius 3 is 2.43 bits per heavy atom. The molecule has 0 aromatic heterocycles. The van der Waals surface area contributed by atoms with E-state index in [1.165, 1.54) is 5.56 Å². The van der Waals surface area contributed by atoms with Crippen molar-refractivity contribution in [3.05, 3.63) is 29.8 Å². The van der Waals surface area contributed by atoms with Crippen LogP contribution in [-0.4, -0.2) is 35.7 Å². The van der Waals surface area contributed by atoms with Crippen LogP contribution < -0.4 is 5.73 Å². The van der Waals surface area contributed by atoms with E-state index in [0.29, 0.717) is 12.3 Å². The first-order valence-corrected chi connectivity index (χ1v) is 8.11. The van der Waals surface area contributed by atoms with E-state index in [-0.39, 0.29) is 29.8 Å². The second-order valence-electron chi connectivity index (χ2n) is 6.45. The molecule has 5 heteroatoms. The fraction of sp³-hybridized carbons (Fsp3) is 0.562. The van der Waals surface area contributed by atoms with Gasteiger partial charge < -0.3 is 10.6 Å². The van der Waals surface area contributed by atoms with Gasteiger partial charge in [0.05, 0.1) is 5.75 Å². The highest BCUT2D eigenvalue weighted by atomic mass is 35.5. The van der Waals surface area contributed by atoms with E-state index >= 15 is 0 Å². The molecule has 1 fully saturated rings. The molecule has 1 aromatic rings. The maximum atomic E-state index is 12.0. The number of thioether (sulfide) groups is 1. The van der Waals surface area contributed by atoms with Crippen LogP contribution in [0.5, 0.6) is 0 Å². The van der Waals surface area contributed by atoms with Crippen LogP contribution in [0.15, 0.2) is 29.2 Å². The first kappa shape index (κ1) is 18.3. The van der Waals surface area contributed by atoms with E-state index in [2.05, 4.69) is 45.0 Å². The zero-order chi connectivity index (χ0) is 14.8. The maximum Gasteiger partial charge on any atom is 0.232 e. The lowest BCUT2D eigenvalue weighted by atomic mass is 9.87. The minimum atomic E-state index is 0. The largest absolute Gasteiger partial charge is 0.340 e. The zero-order valence-corrected chi connectivity index (χ0v) is 14.6. The number of carbonyl (C=O) groups is 1. The molecule has 3 nitrogen and oxygen atoms in total. The van der Waals surface area contributed by atoms with Crippen LogP contribution in [0.25, 0.3) is 0 Å². The van der Waals surface area contributed by atoms with Gasteiger partial charge in [0.2, 0.25) is 5.91 Å². The number of nitrogens with zero attached hydrogens (tertiary/aromatic N) is 1. The third-order valence-corrected chi connectivity index (χ3v) is 4.66. The van der Waals surface area contributed by atoms with Crippen molar-refractivity contribution in [2.45, 2.75) is 43.5 Å². The second-order valence-corrected chi connectivity index (χ2v) is 7.50. The van der Waals surface area contributed by atoms with E-state index in [1.807, 2.05) is 4.90 Å². The number of hydrogen-bond donors (Lipinski definition) is 1. The van der Waals surface area contributed by atoms with E-state index in [4.69, 9.17) is 5.73 Å². The molecule has 1 amide bonds. The number of benzene rings is 1. The summed E-state index contributed by atoms with van der Waals surface area (Å²) in [7, 11) is 0. The summed E-state index contributed by atoms with van der Waals surface area (Å²) in [6.07, 6.45) is 0.927. The average molecular weight is 329 g/mol. The lowest BCUT2D eigenvalue weighted by Gasteiger charge is -2.19. The molecule has 21 heavy (non-hydrogen) atoms. The van der Waals surface area contributed by atoms with Gasteiger partial charge in [-0.25, -0.2) is 0 Å². The fourth-order valence-electron chi connectivity index (χ4n) is 2.30. The predicted molar refractivity (Wildman–Crippen MR) is 92.3 cm³/mol. The SMILES string of the molecule is CC(C)(C)c1ccc(SCC(=O)N2CC[C@@H](N)C2)cc1.Cl. The van der Waals surface area contributed by atoms with Crippen molar-refractivity contribution < 1.29 is 4.79 Å². The van der Waals surface area contributed by atoms with Crippen LogP contribution in [0.4, 0.5) is 0 Å². The first-order chi connectivity index (χ1) is 9.36. The second kappa shape index (κ2) is 7.52. The number of halogens is 1. The predicted octanol–water partition coefficient (Wildman–Crippen LogP) is 3.06. The molecule has 0 unspecified atom stereocenters. The molecule has 2 rings (SSSR count). The number of rotatable bonds is 3. The number of amides is 1. The topological polar surface area (TPSA) is 46.3 Å². The summed E-state index contributed by atoms with van der Waals surface area (Å²) in [5, 5.41) is 0. The van der Waals surface area contributed by atoms with Crippen molar-refractivity contribution in [3.8, 4) is 0 Å². The molecule has 0 radical (unpaired) electrons. The average Bonchev–Trinajstić information content (AvgIpc) is 2.82. The van der Waals surface area contributed by atoms with Crippen LogP contribution in [-0.2, 0) is 10.2 Å². The van der Waals surface area contributed by atoms with Gasteiger partial charge in [-0.3, -0.25) is 4.79 Å². The summed E-state index contributed by atoms with van der Waals surface area (Å²) < 4.78 is 0. The molecule has 2 N–H and O–H groups in total. The minimum Gasteiger partial charge on any atom is -0.340 e. The Labute approximate surface area is 138 Å². The summed E-state index contributed by atoms with van der Waals surface area (Å²) in [5.41, 5.74) is 7.32. The maximum absolute atomic E-state index is 12.0. The Balaban J connectivity index is 0.00000220. The van der Waals surface area contributed by atoms with Gasteiger partial charge in [0.1, 0.15) is 0 Å². The minimum absolute atomic E-state index is 0. The molecular weight excluding hydrogens is 304 g/mol. The summed E-state index contributed by atoms with van der Waals surface area (Å²) in [6.45, 7) is 8.13. The van der Waals surface area contributed by atoms with Crippen LogP contribution in [0, 0.1) is 0 Å². The van der Waals surface area contributed by atoms with Crippen LogP contribution in [0.2, 0.25) is 0 Å². The first-order valence-electron chi connectivity index (χ1n) is 7.13. The van der Waals surface area contributed by atoms with Gasteiger partial charge in [0.25, 0.3) is 0 Å². The third-order valence-electron chi connectivity index (χ3n) is 3.66. The molecule has 1 heterocycles. The van der Waals surface area contributed by atoms with Crippen molar-refractivity contribution in [1.29, 1.82) is 0 Å². The van der Waals surface area contributed by atoms with E-state index in [9.17, 15) is 4.79 Å². The quantitative estimate of drug-likeness (QED) is 0.867. The molecule has 1 aliphatic heterocycles. The highest BCUT2D eigenvalue weighted by Crippen LogP contribution is 2.26. The number of hydrogen-bond acceptors (Lipinski definition) is 3. The van der Waals surface area contributed by atoms with Gasteiger partial charge in [-0.2, -0.15) is 0 Å². The monoisotopic (exact) mass is 328 g/mol. The Morgan fingerprint density at radius 2 is 1.95 bits per heavy atom. The summed E-state index contributed by atoms with van der Waals surface area (Å²) in [6, 6.07) is 8.68. The molecule has 0 saturated carbocycles. The Hall–Kier alpha value is -0.710. The van der Waals surface area contributed by atoms with Gasteiger partial charge in [-0.15, -0.1) is 24.2 Å². The molecule has 0 spiro atoms. The van der Waals surface area contributed by atoms with Gasteiger partial charge >= 0.3 is 0 Å². The van der Waals surface area contributed by atoms with Crippen LogP contribution in [0.3, 0.4) is 0 Å². The highest BCUT2D eigenvalue weighted by Gasteiger charge is 2.23. The number of nitrogens with two attached hydrogens (primary N) is 1. The van der Waals surface area contributed by atoms with Crippen molar-refractivity contribution >= 4 is 30.1 Å². The van der Waals surface area contributed by atoms with Gasteiger partial charge in [-0.05, 0) is 29.5 Å².